The van der Waals surface area contributed by atoms with Gasteiger partial charge in [0.05, 0.1) is 5.54 Å². The second-order valence-electron chi connectivity index (χ2n) is 7.14. The van der Waals surface area contributed by atoms with Gasteiger partial charge in [-0.2, -0.15) is 5.06 Å². The van der Waals surface area contributed by atoms with E-state index in [2.05, 4.69) is 5.32 Å². The molecule has 29 heavy (non-hydrogen) atoms. The first-order valence-electron chi connectivity index (χ1n) is 8.95. The normalized spacial score (nSPS) is 17.9. The molecule has 9 nitrogen and oxygen atoms in total. The van der Waals surface area contributed by atoms with E-state index in [4.69, 9.17) is 0 Å². The van der Waals surface area contributed by atoms with Crippen molar-refractivity contribution in [3.63, 3.8) is 0 Å². The topological polar surface area (TPSA) is 113 Å². The van der Waals surface area contributed by atoms with Crippen LogP contribution in [0.1, 0.15) is 13.8 Å². The summed E-state index contributed by atoms with van der Waals surface area (Å²) in [6.07, 6.45) is -1.17. The molecule has 0 radical (unpaired) electrons. The van der Waals surface area contributed by atoms with Crippen LogP contribution in [-0.4, -0.2) is 56.6 Å². The number of urea groups is 2. The van der Waals surface area contributed by atoms with Crippen molar-refractivity contribution in [2.75, 3.05) is 16.8 Å². The molecule has 1 atom stereocenters. The van der Waals surface area contributed by atoms with E-state index in [0.29, 0.717) is 16.4 Å². The highest BCUT2D eigenvalue weighted by Gasteiger charge is 2.56. The lowest BCUT2D eigenvalue weighted by molar-refractivity contribution is -0.140. The summed E-state index contributed by atoms with van der Waals surface area (Å²) >= 11 is 0. The standard InChI is InChI=1S/C20H22N4O5/c1-20(2)17(24(29)18(27)21-14-9-5-3-6-10-14)23(15-11-7-4-8-12-15)19(28)22(20)13-16(25)26/h3-12,17,29H,13H2,1-2H3,(H,21,27)(H,25,26)/t17-/m0/s1. The van der Waals surface area contributed by atoms with Gasteiger partial charge in [0.15, 0.2) is 6.17 Å². The number of para-hydroxylation sites is 2. The predicted molar refractivity (Wildman–Crippen MR) is 106 cm³/mol. The van der Waals surface area contributed by atoms with E-state index in [1.54, 1.807) is 74.5 Å². The Balaban J connectivity index is 1.98. The van der Waals surface area contributed by atoms with Gasteiger partial charge in [-0.25, -0.2) is 9.59 Å². The maximum atomic E-state index is 13.1. The van der Waals surface area contributed by atoms with Crippen molar-refractivity contribution in [1.82, 2.24) is 9.96 Å². The van der Waals surface area contributed by atoms with Crippen LogP contribution in [0.5, 0.6) is 0 Å². The summed E-state index contributed by atoms with van der Waals surface area (Å²) in [6.45, 7) is 2.63. The number of hydrogen-bond acceptors (Lipinski definition) is 4. The number of aliphatic carboxylic acids is 1. The molecule has 0 bridgehead atoms. The summed E-state index contributed by atoms with van der Waals surface area (Å²) in [4.78, 5) is 39.4. The molecule has 3 rings (SSSR count). The highest BCUT2D eigenvalue weighted by molar-refractivity contribution is 5.99. The average Bonchev–Trinajstić information content (AvgIpc) is 2.88. The monoisotopic (exact) mass is 398 g/mol. The maximum Gasteiger partial charge on any atom is 0.347 e. The van der Waals surface area contributed by atoms with Crippen molar-refractivity contribution in [1.29, 1.82) is 0 Å². The average molecular weight is 398 g/mol. The third-order valence-electron chi connectivity index (χ3n) is 4.80. The van der Waals surface area contributed by atoms with E-state index >= 15 is 0 Å². The second kappa shape index (κ2) is 7.80. The zero-order valence-electron chi connectivity index (χ0n) is 16.0. The van der Waals surface area contributed by atoms with Crippen LogP contribution >= 0.6 is 0 Å². The minimum Gasteiger partial charge on any atom is -0.480 e. The molecule has 3 N–H and O–H groups in total. The van der Waals surface area contributed by atoms with Gasteiger partial charge in [-0.1, -0.05) is 36.4 Å². The van der Waals surface area contributed by atoms with Gasteiger partial charge in [-0.3, -0.25) is 14.9 Å². The lowest BCUT2D eigenvalue weighted by Crippen LogP contribution is -2.58. The van der Waals surface area contributed by atoms with Crippen LogP contribution in [0.25, 0.3) is 0 Å². The quantitative estimate of drug-likeness (QED) is 0.529. The Bertz CT molecular complexity index is 904. The van der Waals surface area contributed by atoms with Gasteiger partial charge < -0.3 is 15.3 Å². The minimum atomic E-state index is -1.20. The van der Waals surface area contributed by atoms with E-state index in [1.807, 2.05) is 0 Å². The highest BCUT2D eigenvalue weighted by Crippen LogP contribution is 2.37. The Labute approximate surface area is 167 Å². The lowest BCUT2D eigenvalue weighted by Gasteiger charge is -2.38. The second-order valence-corrected chi connectivity index (χ2v) is 7.14. The molecule has 2 aromatic carbocycles. The van der Waals surface area contributed by atoms with Crippen LogP contribution in [0.15, 0.2) is 60.7 Å². The maximum absolute atomic E-state index is 13.1. The molecule has 0 spiro atoms. The molecule has 0 aromatic heterocycles. The molecular weight excluding hydrogens is 376 g/mol. The summed E-state index contributed by atoms with van der Waals surface area (Å²) in [7, 11) is 0. The van der Waals surface area contributed by atoms with Crippen LogP contribution in [0.2, 0.25) is 0 Å². The van der Waals surface area contributed by atoms with Gasteiger partial charge in [-0.05, 0) is 38.1 Å². The number of nitrogens with one attached hydrogen (secondary N) is 1. The lowest BCUT2D eigenvalue weighted by atomic mass is 10.00. The number of benzene rings is 2. The van der Waals surface area contributed by atoms with Gasteiger partial charge in [0.25, 0.3) is 0 Å². The Morgan fingerprint density at radius 3 is 2.17 bits per heavy atom. The number of nitrogens with zero attached hydrogens (tertiary/aromatic N) is 3. The molecule has 0 saturated carbocycles. The number of carbonyl (C=O) groups is 3. The van der Waals surface area contributed by atoms with Crippen molar-refractivity contribution in [3.05, 3.63) is 60.7 Å². The van der Waals surface area contributed by atoms with Gasteiger partial charge in [-0.15, -0.1) is 0 Å². The number of rotatable bonds is 5. The summed E-state index contributed by atoms with van der Waals surface area (Å²) < 4.78 is 0. The summed E-state index contributed by atoms with van der Waals surface area (Å²) in [5, 5.41) is 23.0. The van der Waals surface area contributed by atoms with E-state index in [1.165, 1.54) is 4.90 Å². The Morgan fingerprint density at radius 2 is 1.62 bits per heavy atom. The SMILES string of the molecule is CC1(C)[C@H](N(O)C(=O)Nc2ccccc2)N(c2ccccc2)C(=O)N1CC(=O)O. The van der Waals surface area contributed by atoms with Crippen LogP contribution in [0.4, 0.5) is 21.0 Å². The Morgan fingerprint density at radius 1 is 1.07 bits per heavy atom. The molecule has 0 aliphatic carbocycles. The molecule has 1 aliphatic rings. The zero-order valence-corrected chi connectivity index (χ0v) is 16.0. The largest absolute Gasteiger partial charge is 0.480 e. The van der Waals surface area contributed by atoms with Crippen LogP contribution in [0.3, 0.4) is 0 Å². The van der Waals surface area contributed by atoms with Crippen molar-refractivity contribution < 1.29 is 24.7 Å². The van der Waals surface area contributed by atoms with Crippen molar-refractivity contribution in [2.45, 2.75) is 25.6 Å². The Kier molecular flexibility index (Phi) is 5.42. The minimum absolute atomic E-state index is 0.426. The number of amides is 4. The van der Waals surface area contributed by atoms with E-state index in [-0.39, 0.29) is 0 Å². The van der Waals surface area contributed by atoms with E-state index in [9.17, 15) is 24.7 Å². The van der Waals surface area contributed by atoms with Crippen LogP contribution in [0, 0.1) is 0 Å². The Hall–Kier alpha value is -3.59. The number of anilines is 2. The molecule has 9 heteroatoms. The van der Waals surface area contributed by atoms with E-state index < -0.39 is 36.3 Å². The summed E-state index contributed by atoms with van der Waals surface area (Å²) in [5.74, 6) is -1.20. The predicted octanol–water partition coefficient (Wildman–Crippen LogP) is 3.04. The third kappa shape index (κ3) is 3.85. The van der Waals surface area contributed by atoms with Gasteiger partial charge in [0.1, 0.15) is 6.54 Å². The number of hydroxylamine groups is 2. The number of carboxylic acids is 1. The highest BCUT2D eigenvalue weighted by atomic mass is 16.5. The molecule has 1 saturated heterocycles. The fourth-order valence-electron chi connectivity index (χ4n) is 3.41. The molecule has 0 unspecified atom stereocenters. The van der Waals surface area contributed by atoms with Crippen molar-refractivity contribution in [2.24, 2.45) is 0 Å². The first-order valence-corrected chi connectivity index (χ1v) is 8.95. The first kappa shape index (κ1) is 20.2. The summed E-state index contributed by atoms with van der Waals surface area (Å²) in [5.41, 5.74) is -0.309. The third-order valence-corrected chi connectivity index (χ3v) is 4.80. The van der Waals surface area contributed by atoms with Gasteiger partial charge >= 0.3 is 18.0 Å². The molecule has 4 amide bonds. The molecule has 152 valence electrons. The smallest absolute Gasteiger partial charge is 0.347 e. The molecule has 1 heterocycles. The molecule has 1 fully saturated rings. The molecule has 2 aromatic rings. The number of carbonyl (C=O) groups excluding carboxylic acids is 2. The fraction of sp³-hybridized carbons (Fsp3) is 0.250. The van der Waals surface area contributed by atoms with Crippen molar-refractivity contribution in [3.8, 4) is 0 Å². The first-order chi connectivity index (χ1) is 13.7. The summed E-state index contributed by atoms with van der Waals surface area (Å²) in [6, 6.07) is 15.5. The van der Waals surface area contributed by atoms with Crippen LogP contribution in [-0.2, 0) is 4.79 Å². The van der Waals surface area contributed by atoms with Crippen LogP contribution < -0.4 is 10.2 Å². The fourth-order valence-corrected chi connectivity index (χ4v) is 3.41. The number of carboxylic acid groups (broad SMARTS) is 1. The van der Waals surface area contributed by atoms with E-state index in [0.717, 1.165) is 4.90 Å². The van der Waals surface area contributed by atoms with Crippen molar-refractivity contribution >= 4 is 29.4 Å². The van der Waals surface area contributed by atoms with Gasteiger partial charge in [0, 0.05) is 11.4 Å². The molecular formula is C20H22N4O5. The zero-order chi connectivity index (χ0) is 21.2. The van der Waals surface area contributed by atoms with Gasteiger partial charge in [0.2, 0.25) is 0 Å². The number of hydrogen-bond donors (Lipinski definition) is 3. The molecule has 1 aliphatic heterocycles.